The molecular formula is C13H18O11. The molecule has 6 N–H and O–H groups in total. The first-order chi connectivity index (χ1) is 11.0. The van der Waals surface area contributed by atoms with Gasteiger partial charge in [0.1, 0.15) is 18.8 Å². The van der Waals surface area contributed by atoms with E-state index in [0.717, 1.165) is 0 Å². The molecule has 0 radical (unpaired) electrons. The highest BCUT2D eigenvalue weighted by molar-refractivity contribution is 5.84. The number of esters is 1. The van der Waals surface area contributed by atoms with Crippen LogP contribution in [0.25, 0.3) is 0 Å². The van der Waals surface area contributed by atoms with E-state index in [2.05, 4.69) is 4.74 Å². The highest BCUT2D eigenvalue weighted by Crippen LogP contribution is 2.44. The molecule has 24 heavy (non-hydrogen) atoms. The summed E-state index contributed by atoms with van der Waals surface area (Å²) < 4.78 is 19.1. The van der Waals surface area contributed by atoms with Gasteiger partial charge in [-0.3, -0.25) is 0 Å². The fourth-order valence-corrected chi connectivity index (χ4v) is 2.17. The van der Waals surface area contributed by atoms with E-state index < -0.39 is 35.0 Å². The number of aliphatic hydroxyl groups is 6. The molecule has 4 unspecified atom stereocenters. The number of hydrogen-bond acceptors (Lipinski definition) is 11. The van der Waals surface area contributed by atoms with Crippen molar-refractivity contribution in [1.29, 1.82) is 0 Å². The van der Waals surface area contributed by atoms with Gasteiger partial charge in [0.25, 0.3) is 11.6 Å². The summed E-state index contributed by atoms with van der Waals surface area (Å²) >= 11 is 0. The zero-order chi connectivity index (χ0) is 17.8. The molecule has 2 fully saturated rings. The van der Waals surface area contributed by atoms with Crippen LogP contribution in [0.3, 0.4) is 0 Å². The zero-order valence-corrected chi connectivity index (χ0v) is 12.4. The molecule has 2 heterocycles. The van der Waals surface area contributed by atoms with Crippen molar-refractivity contribution in [1.82, 2.24) is 0 Å². The standard InChI is InChI=1S/C13H18O11/c14-9(23-5-7-3-21-7)10(15)1-2-11(16,24-6-8-4-22-8)13(19,20)12(10,17)18/h1-2,7-8,15-20H,3-6H2. The van der Waals surface area contributed by atoms with Crippen LogP contribution in [0.15, 0.2) is 12.2 Å². The Labute approximate surface area is 135 Å². The monoisotopic (exact) mass is 350 g/mol. The van der Waals surface area contributed by atoms with E-state index in [-0.39, 0.29) is 19.3 Å². The second-order valence-corrected chi connectivity index (χ2v) is 5.96. The predicted octanol–water partition coefficient (Wildman–Crippen LogP) is -4.30. The summed E-state index contributed by atoms with van der Waals surface area (Å²) in [6.07, 6.45) is 0.217. The number of rotatable bonds is 6. The van der Waals surface area contributed by atoms with Gasteiger partial charge < -0.3 is 49.6 Å². The lowest BCUT2D eigenvalue weighted by atomic mass is 9.76. The molecule has 0 saturated carbocycles. The molecule has 0 aromatic rings. The number of carbonyl (C=O) groups excluding carboxylic acids is 1. The number of epoxide rings is 2. The number of hydrogen-bond donors (Lipinski definition) is 6. The Kier molecular flexibility index (Phi) is 3.99. The van der Waals surface area contributed by atoms with Crippen LogP contribution in [-0.2, 0) is 23.7 Å². The van der Waals surface area contributed by atoms with Gasteiger partial charge in [0, 0.05) is 0 Å². The molecule has 4 atom stereocenters. The molecule has 3 aliphatic rings. The average Bonchev–Trinajstić information content (AvgIpc) is 3.39. The van der Waals surface area contributed by atoms with Crippen molar-refractivity contribution >= 4 is 5.97 Å². The van der Waals surface area contributed by atoms with Crippen LogP contribution in [-0.4, -0.2) is 98.2 Å². The summed E-state index contributed by atoms with van der Waals surface area (Å²) in [6, 6.07) is 0. The van der Waals surface area contributed by atoms with E-state index in [1.54, 1.807) is 0 Å². The fourth-order valence-electron chi connectivity index (χ4n) is 2.17. The Balaban J connectivity index is 1.83. The smallest absolute Gasteiger partial charge is 0.348 e. The van der Waals surface area contributed by atoms with E-state index >= 15 is 0 Å². The Morgan fingerprint density at radius 1 is 0.958 bits per heavy atom. The van der Waals surface area contributed by atoms with E-state index in [0.29, 0.717) is 25.4 Å². The molecule has 0 amide bonds. The van der Waals surface area contributed by atoms with Gasteiger partial charge in [-0.15, -0.1) is 0 Å². The Hall–Kier alpha value is -1.15. The molecule has 11 nitrogen and oxygen atoms in total. The molecule has 0 aromatic heterocycles. The molecule has 2 saturated heterocycles. The quantitative estimate of drug-likeness (QED) is 0.118. The third kappa shape index (κ3) is 2.63. The minimum Gasteiger partial charge on any atom is -0.460 e. The van der Waals surface area contributed by atoms with Gasteiger partial charge >= 0.3 is 5.97 Å². The summed E-state index contributed by atoms with van der Waals surface area (Å²) in [5.41, 5.74) is -3.27. The average molecular weight is 350 g/mol. The predicted molar refractivity (Wildman–Crippen MR) is 69.8 cm³/mol. The maximum absolute atomic E-state index is 12.0. The minimum atomic E-state index is -3.95. The molecule has 136 valence electrons. The third-order valence-corrected chi connectivity index (χ3v) is 4.07. The first kappa shape index (κ1) is 17.7. The second-order valence-electron chi connectivity index (χ2n) is 5.96. The molecule has 1 aliphatic carbocycles. The van der Waals surface area contributed by atoms with Gasteiger partial charge in [0.15, 0.2) is 0 Å². The van der Waals surface area contributed by atoms with Crippen molar-refractivity contribution < 1.29 is 54.4 Å². The summed E-state index contributed by atoms with van der Waals surface area (Å²) in [7, 11) is 0. The molecular weight excluding hydrogens is 332 g/mol. The van der Waals surface area contributed by atoms with Crippen LogP contribution in [0.5, 0.6) is 0 Å². The molecule has 0 spiro atoms. The zero-order valence-electron chi connectivity index (χ0n) is 12.4. The minimum absolute atomic E-state index is 0.269. The SMILES string of the molecule is O=C(OCC1CO1)C1(O)C=CC(O)(OCC2CO2)C(O)(O)C1(O)O. The third-order valence-electron chi connectivity index (χ3n) is 4.07. The normalized spacial score (nSPS) is 41.8. The van der Waals surface area contributed by atoms with E-state index in [4.69, 9.17) is 14.2 Å². The first-order valence-electron chi connectivity index (χ1n) is 7.12. The highest BCUT2D eigenvalue weighted by Gasteiger charge is 2.75. The van der Waals surface area contributed by atoms with Crippen molar-refractivity contribution in [3.63, 3.8) is 0 Å². The highest BCUT2D eigenvalue weighted by atomic mass is 16.7. The van der Waals surface area contributed by atoms with Gasteiger partial charge in [-0.1, -0.05) is 0 Å². The Morgan fingerprint density at radius 3 is 2.04 bits per heavy atom. The van der Waals surface area contributed by atoms with Crippen LogP contribution >= 0.6 is 0 Å². The fraction of sp³-hybridized carbons (Fsp3) is 0.769. The Morgan fingerprint density at radius 2 is 1.50 bits per heavy atom. The van der Waals surface area contributed by atoms with Crippen LogP contribution in [0, 0.1) is 0 Å². The van der Waals surface area contributed by atoms with Gasteiger partial charge in [-0.2, -0.15) is 0 Å². The molecule has 2 aliphatic heterocycles. The lowest BCUT2D eigenvalue weighted by Gasteiger charge is -2.51. The topological polar surface area (TPSA) is 182 Å². The maximum Gasteiger partial charge on any atom is 0.348 e. The summed E-state index contributed by atoms with van der Waals surface area (Å²) in [6.45, 7) is 0.106. The summed E-state index contributed by atoms with van der Waals surface area (Å²) in [5.74, 6) is -12.4. The molecule has 3 rings (SSSR count). The van der Waals surface area contributed by atoms with Crippen LogP contribution in [0.1, 0.15) is 0 Å². The van der Waals surface area contributed by atoms with Gasteiger partial charge in [-0.05, 0) is 12.2 Å². The number of carbonyl (C=O) groups is 1. The van der Waals surface area contributed by atoms with Crippen LogP contribution in [0.2, 0.25) is 0 Å². The molecule has 11 heteroatoms. The largest absolute Gasteiger partial charge is 0.460 e. The van der Waals surface area contributed by atoms with Gasteiger partial charge in [0.2, 0.25) is 11.4 Å². The molecule has 0 bridgehead atoms. The lowest BCUT2D eigenvalue weighted by Crippen LogP contribution is -2.80. The van der Waals surface area contributed by atoms with Crippen molar-refractivity contribution in [3.8, 4) is 0 Å². The van der Waals surface area contributed by atoms with Crippen molar-refractivity contribution in [2.75, 3.05) is 26.4 Å². The second kappa shape index (κ2) is 5.42. The van der Waals surface area contributed by atoms with Crippen molar-refractivity contribution in [2.24, 2.45) is 0 Å². The summed E-state index contributed by atoms with van der Waals surface area (Å²) in [5, 5.41) is 60.6. The molecule has 0 aromatic carbocycles. The Bertz CT molecular complexity index is 550. The van der Waals surface area contributed by atoms with Crippen LogP contribution < -0.4 is 0 Å². The van der Waals surface area contributed by atoms with E-state index in [1.165, 1.54) is 0 Å². The van der Waals surface area contributed by atoms with Crippen molar-refractivity contribution in [2.45, 2.75) is 35.2 Å². The first-order valence-corrected chi connectivity index (χ1v) is 7.12. The van der Waals surface area contributed by atoms with Gasteiger partial charge in [0.05, 0.1) is 19.8 Å². The van der Waals surface area contributed by atoms with E-state index in [1.807, 2.05) is 0 Å². The van der Waals surface area contributed by atoms with Gasteiger partial charge in [-0.25, -0.2) is 4.79 Å². The number of ether oxygens (including phenoxy) is 4. The lowest BCUT2D eigenvalue weighted by molar-refractivity contribution is -0.471. The maximum atomic E-state index is 12.0. The van der Waals surface area contributed by atoms with Crippen LogP contribution in [0.4, 0.5) is 0 Å². The summed E-state index contributed by atoms with van der Waals surface area (Å²) in [4.78, 5) is 12.0. The van der Waals surface area contributed by atoms with Crippen molar-refractivity contribution in [3.05, 3.63) is 12.2 Å². The van der Waals surface area contributed by atoms with E-state index in [9.17, 15) is 35.4 Å².